The van der Waals surface area contributed by atoms with Crippen LogP contribution in [0, 0.1) is 17.7 Å². The molecule has 0 aliphatic carbocycles. The van der Waals surface area contributed by atoms with Gasteiger partial charge < -0.3 is 5.32 Å². The van der Waals surface area contributed by atoms with Crippen LogP contribution in [0.15, 0.2) is 75.4 Å². The molecule has 10 heteroatoms. The Kier molecular flexibility index (Phi) is 8.86. The zero-order valence-electron chi connectivity index (χ0n) is 20.4. The molecule has 1 N–H and O–H groups in total. The van der Waals surface area contributed by atoms with Gasteiger partial charge in [-0.15, -0.1) is 0 Å². The summed E-state index contributed by atoms with van der Waals surface area (Å²) in [6, 6.07) is 15.5. The van der Waals surface area contributed by atoms with Gasteiger partial charge in [-0.1, -0.05) is 54.9 Å². The Morgan fingerprint density at radius 1 is 1.00 bits per heavy atom. The van der Waals surface area contributed by atoms with E-state index in [1.807, 2.05) is 13.8 Å². The average Bonchev–Trinajstić information content (AvgIpc) is 2.85. The summed E-state index contributed by atoms with van der Waals surface area (Å²) >= 11 is 13.3. The molecule has 196 valence electrons. The molecule has 1 fully saturated rings. The maximum atomic E-state index is 13.5. The third kappa shape index (κ3) is 6.86. The monoisotopic (exact) mass is 580 g/mol. The average molecular weight is 582 g/mol. The predicted octanol–water partition coefficient (Wildman–Crippen LogP) is 6.88. The Hall–Kier alpha value is -2.10. The van der Waals surface area contributed by atoms with Crippen molar-refractivity contribution in [2.45, 2.75) is 41.5 Å². The minimum absolute atomic E-state index is 0.0666. The lowest BCUT2D eigenvalue weighted by molar-refractivity contribution is 0.0947. The standard InChI is InChI=1S/C27H27Cl2FN2O3S2/c1-17-11-18(2)16-32(15-17)37(34,35)22-8-10-26(36-21-6-4-20(30)5-7-21)23(13-22)27(33)31-14-19-3-9-24(28)25(29)12-19/h3-10,12-13,17-18H,11,14-16H2,1-2H3,(H,31,33)/t17-,18-/m1/s1. The summed E-state index contributed by atoms with van der Waals surface area (Å²) in [5.74, 6) is -0.301. The lowest BCUT2D eigenvalue weighted by Crippen LogP contribution is -2.42. The highest BCUT2D eigenvalue weighted by Gasteiger charge is 2.32. The van der Waals surface area contributed by atoms with E-state index < -0.39 is 15.9 Å². The van der Waals surface area contributed by atoms with Gasteiger partial charge in [-0.2, -0.15) is 4.31 Å². The summed E-state index contributed by atoms with van der Waals surface area (Å²) in [6.45, 7) is 5.15. The zero-order chi connectivity index (χ0) is 26.7. The summed E-state index contributed by atoms with van der Waals surface area (Å²) < 4.78 is 42.0. The third-order valence-corrected chi connectivity index (χ3v) is 9.80. The first-order valence-corrected chi connectivity index (χ1v) is 14.8. The number of halogens is 3. The van der Waals surface area contributed by atoms with Crippen LogP contribution in [0.4, 0.5) is 4.39 Å². The van der Waals surface area contributed by atoms with E-state index >= 15 is 0 Å². The molecule has 1 aliphatic rings. The van der Waals surface area contributed by atoms with Crippen molar-refractivity contribution in [2.24, 2.45) is 11.8 Å². The Labute approximate surface area is 231 Å². The van der Waals surface area contributed by atoms with Gasteiger partial charge in [-0.05, 0) is 78.4 Å². The summed E-state index contributed by atoms with van der Waals surface area (Å²) in [7, 11) is -3.79. The third-order valence-electron chi connectivity index (χ3n) is 6.15. The smallest absolute Gasteiger partial charge is 0.252 e. The number of nitrogens with zero attached hydrogens (tertiary/aromatic N) is 1. The van der Waals surface area contributed by atoms with E-state index in [4.69, 9.17) is 23.2 Å². The van der Waals surface area contributed by atoms with Crippen molar-refractivity contribution >= 4 is 50.9 Å². The van der Waals surface area contributed by atoms with Gasteiger partial charge in [-0.25, -0.2) is 12.8 Å². The second-order valence-electron chi connectivity index (χ2n) is 9.41. The fourth-order valence-electron chi connectivity index (χ4n) is 4.44. The number of amides is 1. The summed E-state index contributed by atoms with van der Waals surface area (Å²) in [5, 5.41) is 3.63. The first-order chi connectivity index (χ1) is 17.5. The van der Waals surface area contributed by atoms with Gasteiger partial charge in [0.15, 0.2) is 0 Å². The van der Waals surface area contributed by atoms with Gasteiger partial charge in [0.1, 0.15) is 5.82 Å². The molecular weight excluding hydrogens is 554 g/mol. The van der Waals surface area contributed by atoms with Crippen LogP contribution >= 0.6 is 35.0 Å². The quantitative estimate of drug-likeness (QED) is 0.331. The highest BCUT2D eigenvalue weighted by Crippen LogP contribution is 2.34. The maximum absolute atomic E-state index is 13.5. The first-order valence-electron chi connectivity index (χ1n) is 11.8. The number of hydrogen-bond acceptors (Lipinski definition) is 4. The number of carbonyl (C=O) groups excluding carboxylic acids is 1. The lowest BCUT2D eigenvalue weighted by Gasteiger charge is -2.34. The Balaban J connectivity index is 1.65. The highest BCUT2D eigenvalue weighted by atomic mass is 35.5. The van der Waals surface area contributed by atoms with Crippen LogP contribution in [0.3, 0.4) is 0 Å². The van der Waals surface area contributed by atoms with Gasteiger partial charge in [0, 0.05) is 29.4 Å². The topological polar surface area (TPSA) is 66.5 Å². The number of hydrogen-bond donors (Lipinski definition) is 1. The van der Waals surface area contributed by atoms with Gasteiger partial charge in [0.05, 0.1) is 20.5 Å². The van der Waals surface area contributed by atoms with Crippen LogP contribution in [-0.4, -0.2) is 31.7 Å². The van der Waals surface area contributed by atoms with Crippen molar-refractivity contribution in [2.75, 3.05) is 13.1 Å². The van der Waals surface area contributed by atoms with Crippen molar-refractivity contribution in [3.8, 4) is 0 Å². The molecule has 2 atom stereocenters. The Morgan fingerprint density at radius 3 is 2.32 bits per heavy atom. The van der Waals surface area contributed by atoms with E-state index in [1.165, 1.54) is 40.3 Å². The van der Waals surface area contributed by atoms with Crippen molar-refractivity contribution < 1.29 is 17.6 Å². The van der Waals surface area contributed by atoms with Crippen molar-refractivity contribution in [1.82, 2.24) is 9.62 Å². The number of piperidine rings is 1. The molecule has 0 radical (unpaired) electrons. The van der Waals surface area contributed by atoms with Crippen LogP contribution in [-0.2, 0) is 16.6 Å². The van der Waals surface area contributed by atoms with E-state index in [2.05, 4.69) is 5.32 Å². The molecule has 1 saturated heterocycles. The summed E-state index contributed by atoms with van der Waals surface area (Å²) in [4.78, 5) is 14.7. The van der Waals surface area contributed by atoms with Crippen LogP contribution in [0.25, 0.3) is 0 Å². The SMILES string of the molecule is C[C@@H]1C[C@@H](C)CN(S(=O)(=O)c2ccc(Sc3ccc(F)cc3)c(C(=O)NCc3ccc(Cl)c(Cl)c3)c2)C1. The zero-order valence-corrected chi connectivity index (χ0v) is 23.5. The van der Waals surface area contributed by atoms with Crippen molar-refractivity contribution in [3.63, 3.8) is 0 Å². The predicted molar refractivity (Wildman–Crippen MR) is 146 cm³/mol. The number of sulfonamides is 1. The van der Waals surface area contributed by atoms with Crippen LogP contribution in [0.2, 0.25) is 10.0 Å². The second-order valence-corrected chi connectivity index (χ2v) is 13.3. The molecular formula is C27H27Cl2FN2O3S2. The summed E-state index contributed by atoms with van der Waals surface area (Å²) in [5.41, 5.74) is 0.962. The highest BCUT2D eigenvalue weighted by molar-refractivity contribution is 7.99. The molecule has 0 bridgehead atoms. The largest absolute Gasteiger partial charge is 0.348 e. The number of benzene rings is 3. The molecule has 3 aromatic rings. The maximum Gasteiger partial charge on any atom is 0.252 e. The normalized spacial score (nSPS) is 18.5. The first kappa shape index (κ1) is 27.9. The number of nitrogens with one attached hydrogen (secondary N) is 1. The number of rotatable bonds is 7. The minimum Gasteiger partial charge on any atom is -0.348 e. The van der Waals surface area contributed by atoms with Gasteiger partial charge in [0.25, 0.3) is 5.91 Å². The summed E-state index contributed by atoms with van der Waals surface area (Å²) in [6.07, 6.45) is 0.974. The van der Waals surface area contributed by atoms with E-state index in [0.717, 1.165) is 12.0 Å². The fraction of sp³-hybridized carbons (Fsp3) is 0.296. The molecule has 3 aromatic carbocycles. The van der Waals surface area contributed by atoms with Gasteiger partial charge >= 0.3 is 0 Å². The molecule has 37 heavy (non-hydrogen) atoms. The lowest BCUT2D eigenvalue weighted by atomic mass is 9.94. The molecule has 0 saturated carbocycles. The van der Waals surface area contributed by atoms with Crippen LogP contribution in [0.1, 0.15) is 36.2 Å². The second kappa shape index (κ2) is 11.7. The molecule has 1 heterocycles. The van der Waals surface area contributed by atoms with E-state index in [9.17, 15) is 17.6 Å². The van der Waals surface area contributed by atoms with Crippen LogP contribution < -0.4 is 5.32 Å². The molecule has 0 spiro atoms. The number of carbonyl (C=O) groups is 1. The molecule has 1 aliphatic heterocycles. The molecule has 0 unspecified atom stereocenters. The molecule has 0 aromatic heterocycles. The molecule has 5 nitrogen and oxygen atoms in total. The van der Waals surface area contributed by atoms with Crippen molar-refractivity contribution in [1.29, 1.82) is 0 Å². The molecule has 1 amide bonds. The minimum atomic E-state index is -3.79. The van der Waals surface area contributed by atoms with E-state index in [0.29, 0.717) is 32.9 Å². The fourth-order valence-corrected chi connectivity index (χ4v) is 7.39. The van der Waals surface area contributed by atoms with Gasteiger partial charge in [0.2, 0.25) is 10.0 Å². The van der Waals surface area contributed by atoms with Gasteiger partial charge in [-0.3, -0.25) is 4.79 Å². The van der Waals surface area contributed by atoms with E-state index in [-0.39, 0.29) is 34.7 Å². The van der Waals surface area contributed by atoms with Crippen molar-refractivity contribution in [3.05, 3.63) is 87.7 Å². The Morgan fingerprint density at radius 2 is 1.68 bits per heavy atom. The molecule has 4 rings (SSSR count). The van der Waals surface area contributed by atoms with E-state index in [1.54, 1.807) is 36.4 Å². The van der Waals surface area contributed by atoms with Crippen LogP contribution in [0.5, 0.6) is 0 Å². The Bertz CT molecular complexity index is 1390.